The summed E-state index contributed by atoms with van der Waals surface area (Å²) in [5, 5.41) is 0. The molecule has 126 valence electrons. The Hall–Kier alpha value is -3.01. The van der Waals surface area contributed by atoms with Crippen LogP contribution in [0.2, 0.25) is 0 Å². The van der Waals surface area contributed by atoms with Crippen LogP contribution >= 0.6 is 0 Å². The minimum Gasteiger partial charge on any atom is -0.330 e. The van der Waals surface area contributed by atoms with Crippen LogP contribution in [-0.2, 0) is 13.1 Å². The van der Waals surface area contributed by atoms with Crippen LogP contribution in [0, 0.1) is 13.8 Å². The number of aryl methyl sites for hydroxylation is 2. The number of aromatic nitrogens is 2. The van der Waals surface area contributed by atoms with E-state index >= 15 is 0 Å². The van der Waals surface area contributed by atoms with Crippen molar-refractivity contribution in [1.29, 1.82) is 0 Å². The van der Waals surface area contributed by atoms with Crippen LogP contribution in [0.3, 0.4) is 0 Å². The number of amides is 1. The first-order valence-corrected chi connectivity index (χ1v) is 8.28. The molecule has 3 rings (SSSR count). The Balaban J connectivity index is 1.90. The molecule has 0 atom stereocenters. The Kier molecular flexibility index (Phi) is 5.19. The van der Waals surface area contributed by atoms with E-state index in [2.05, 4.69) is 9.97 Å². The fourth-order valence-electron chi connectivity index (χ4n) is 2.84. The van der Waals surface area contributed by atoms with E-state index in [1.54, 1.807) is 24.8 Å². The molecule has 1 aromatic carbocycles. The van der Waals surface area contributed by atoms with Crippen molar-refractivity contribution in [3.63, 3.8) is 0 Å². The number of hydrogen-bond acceptors (Lipinski definition) is 3. The van der Waals surface area contributed by atoms with Gasteiger partial charge in [-0.05, 0) is 54.8 Å². The largest absolute Gasteiger partial charge is 0.330 e. The fourth-order valence-corrected chi connectivity index (χ4v) is 2.84. The van der Waals surface area contributed by atoms with Gasteiger partial charge in [0.25, 0.3) is 5.91 Å². The zero-order chi connectivity index (χ0) is 17.6. The van der Waals surface area contributed by atoms with E-state index in [1.165, 1.54) is 0 Å². The van der Waals surface area contributed by atoms with Gasteiger partial charge in [0.2, 0.25) is 0 Å². The van der Waals surface area contributed by atoms with Gasteiger partial charge in [-0.1, -0.05) is 23.8 Å². The number of carbonyl (C=O) groups is 1. The van der Waals surface area contributed by atoms with E-state index in [0.717, 1.165) is 27.8 Å². The third kappa shape index (κ3) is 4.29. The third-order valence-corrected chi connectivity index (χ3v) is 4.12. The molecule has 0 bridgehead atoms. The molecule has 0 N–H and O–H groups in total. The van der Waals surface area contributed by atoms with Crippen molar-refractivity contribution in [2.45, 2.75) is 26.9 Å². The molecule has 4 heteroatoms. The zero-order valence-corrected chi connectivity index (χ0v) is 14.5. The van der Waals surface area contributed by atoms with Crippen LogP contribution in [0.15, 0.2) is 67.3 Å². The molecule has 2 aromatic heterocycles. The summed E-state index contributed by atoms with van der Waals surface area (Å²) in [6, 6.07) is 13.7. The number of benzene rings is 1. The number of pyridine rings is 2. The van der Waals surface area contributed by atoms with Gasteiger partial charge in [-0.15, -0.1) is 0 Å². The van der Waals surface area contributed by atoms with Gasteiger partial charge in [-0.3, -0.25) is 14.8 Å². The van der Waals surface area contributed by atoms with Crippen molar-refractivity contribution in [1.82, 2.24) is 14.9 Å². The van der Waals surface area contributed by atoms with E-state index < -0.39 is 0 Å². The van der Waals surface area contributed by atoms with E-state index in [0.29, 0.717) is 13.1 Å². The van der Waals surface area contributed by atoms with Crippen LogP contribution in [-0.4, -0.2) is 20.8 Å². The summed E-state index contributed by atoms with van der Waals surface area (Å²) in [5.74, 6) is 0.0261. The predicted octanol–water partition coefficient (Wildman–Crippen LogP) is 3.94. The lowest BCUT2D eigenvalue weighted by Crippen LogP contribution is -2.30. The normalized spacial score (nSPS) is 10.5. The van der Waals surface area contributed by atoms with Crippen molar-refractivity contribution in [2.75, 3.05) is 0 Å². The van der Waals surface area contributed by atoms with Crippen LogP contribution in [0.1, 0.15) is 32.6 Å². The highest BCUT2D eigenvalue weighted by atomic mass is 16.2. The monoisotopic (exact) mass is 331 g/mol. The molecule has 0 aliphatic rings. The number of nitrogens with zero attached hydrogens (tertiary/aromatic N) is 3. The van der Waals surface area contributed by atoms with Gasteiger partial charge >= 0.3 is 0 Å². The van der Waals surface area contributed by atoms with E-state index in [-0.39, 0.29) is 5.91 Å². The Morgan fingerprint density at radius 3 is 2.36 bits per heavy atom. The van der Waals surface area contributed by atoms with Crippen LogP contribution in [0.4, 0.5) is 0 Å². The molecule has 0 saturated heterocycles. The molecule has 0 unspecified atom stereocenters. The topological polar surface area (TPSA) is 46.1 Å². The lowest BCUT2D eigenvalue weighted by molar-refractivity contribution is 0.0729. The molecule has 0 radical (unpaired) electrons. The quantitative estimate of drug-likeness (QED) is 0.711. The van der Waals surface area contributed by atoms with Crippen LogP contribution in [0.25, 0.3) is 0 Å². The number of hydrogen-bond donors (Lipinski definition) is 0. The van der Waals surface area contributed by atoms with Crippen molar-refractivity contribution in [3.05, 3.63) is 95.1 Å². The maximum Gasteiger partial charge on any atom is 0.254 e. The molecule has 0 aliphatic carbocycles. The molecule has 3 aromatic rings. The Bertz CT molecular complexity index is 806. The minimum atomic E-state index is 0.0261. The molecule has 0 fully saturated rings. The Labute approximate surface area is 148 Å². The molecule has 25 heavy (non-hydrogen) atoms. The SMILES string of the molecule is Cc1ccc(C(=O)N(Cc2ccncc2)Cc2cccnc2)c(C)c1. The van der Waals surface area contributed by atoms with Gasteiger partial charge in [-0.25, -0.2) is 0 Å². The highest BCUT2D eigenvalue weighted by Gasteiger charge is 2.18. The summed E-state index contributed by atoms with van der Waals surface area (Å²) in [6.45, 7) is 5.06. The maximum atomic E-state index is 13.2. The molecule has 0 aliphatic heterocycles. The molecule has 0 spiro atoms. The van der Waals surface area contributed by atoms with Crippen molar-refractivity contribution < 1.29 is 4.79 Å². The average Bonchev–Trinajstić information content (AvgIpc) is 2.62. The first-order chi connectivity index (χ1) is 12.1. The Morgan fingerprint density at radius 2 is 1.68 bits per heavy atom. The second-order valence-electron chi connectivity index (χ2n) is 6.20. The first kappa shape index (κ1) is 16.8. The molecule has 1 amide bonds. The fraction of sp³-hybridized carbons (Fsp3) is 0.190. The summed E-state index contributed by atoms with van der Waals surface area (Å²) in [7, 11) is 0. The minimum absolute atomic E-state index is 0.0261. The van der Waals surface area contributed by atoms with E-state index in [4.69, 9.17) is 0 Å². The number of carbonyl (C=O) groups excluding carboxylic acids is 1. The number of rotatable bonds is 5. The highest BCUT2D eigenvalue weighted by Crippen LogP contribution is 2.17. The molecule has 0 saturated carbocycles. The van der Waals surface area contributed by atoms with Crippen LogP contribution in [0.5, 0.6) is 0 Å². The Morgan fingerprint density at radius 1 is 0.920 bits per heavy atom. The van der Waals surface area contributed by atoms with Gasteiger partial charge in [-0.2, -0.15) is 0 Å². The highest BCUT2D eigenvalue weighted by molar-refractivity contribution is 5.95. The molecule has 4 nitrogen and oxygen atoms in total. The van der Waals surface area contributed by atoms with Crippen molar-refractivity contribution >= 4 is 5.91 Å². The third-order valence-electron chi connectivity index (χ3n) is 4.12. The summed E-state index contributed by atoms with van der Waals surface area (Å²) in [4.78, 5) is 23.2. The summed E-state index contributed by atoms with van der Waals surface area (Å²) < 4.78 is 0. The standard InChI is InChI=1S/C21H21N3O/c1-16-5-6-20(17(2)12-16)21(25)24(14-18-7-10-22-11-8-18)15-19-4-3-9-23-13-19/h3-13H,14-15H2,1-2H3. The summed E-state index contributed by atoms with van der Waals surface area (Å²) in [6.07, 6.45) is 7.04. The van der Waals surface area contributed by atoms with Gasteiger partial charge < -0.3 is 4.90 Å². The second kappa shape index (κ2) is 7.71. The zero-order valence-electron chi connectivity index (χ0n) is 14.5. The lowest BCUT2D eigenvalue weighted by Gasteiger charge is -2.24. The van der Waals surface area contributed by atoms with E-state index in [1.807, 2.05) is 61.2 Å². The summed E-state index contributed by atoms with van der Waals surface area (Å²) >= 11 is 0. The summed E-state index contributed by atoms with van der Waals surface area (Å²) in [5.41, 5.74) is 4.95. The van der Waals surface area contributed by atoms with Gasteiger partial charge in [0.05, 0.1) is 0 Å². The smallest absolute Gasteiger partial charge is 0.254 e. The molecular formula is C21H21N3O. The van der Waals surface area contributed by atoms with Crippen molar-refractivity contribution in [2.24, 2.45) is 0 Å². The van der Waals surface area contributed by atoms with Gasteiger partial charge in [0, 0.05) is 43.4 Å². The molecule has 2 heterocycles. The maximum absolute atomic E-state index is 13.2. The van der Waals surface area contributed by atoms with Crippen molar-refractivity contribution in [3.8, 4) is 0 Å². The lowest BCUT2D eigenvalue weighted by atomic mass is 10.0. The van der Waals surface area contributed by atoms with Gasteiger partial charge in [0.15, 0.2) is 0 Å². The average molecular weight is 331 g/mol. The molecular weight excluding hydrogens is 310 g/mol. The van der Waals surface area contributed by atoms with E-state index in [9.17, 15) is 4.79 Å². The first-order valence-electron chi connectivity index (χ1n) is 8.28. The second-order valence-corrected chi connectivity index (χ2v) is 6.20. The predicted molar refractivity (Wildman–Crippen MR) is 98.0 cm³/mol. The van der Waals surface area contributed by atoms with Crippen LogP contribution < -0.4 is 0 Å². The van der Waals surface area contributed by atoms with Gasteiger partial charge in [0.1, 0.15) is 0 Å².